The quantitative estimate of drug-likeness (QED) is 0.618. The molecule has 7 nitrogen and oxygen atoms in total. The van der Waals surface area contributed by atoms with Gasteiger partial charge in [0, 0.05) is 12.6 Å². The van der Waals surface area contributed by atoms with Crippen LogP contribution in [0.15, 0.2) is 12.1 Å². The molecule has 0 aliphatic carbocycles. The second-order valence-electron chi connectivity index (χ2n) is 7.46. The number of nitro benzene ring substituents is 1. The first-order valence-electron chi connectivity index (χ1n) is 8.73. The predicted octanol–water partition coefficient (Wildman–Crippen LogP) is 2.71. The Kier molecular flexibility index (Phi) is 4.69. The van der Waals surface area contributed by atoms with Gasteiger partial charge in [-0.05, 0) is 49.4 Å². The van der Waals surface area contributed by atoms with E-state index >= 15 is 0 Å². The highest BCUT2D eigenvalue weighted by Gasteiger charge is 2.37. The van der Waals surface area contributed by atoms with Crippen LogP contribution in [0.4, 0.5) is 11.4 Å². The Hall–Kier alpha value is -2.15. The van der Waals surface area contributed by atoms with Gasteiger partial charge in [-0.1, -0.05) is 13.8 Å². The van der Waals surface area contributed by atoms with E-state index in [2.05, 4.69) is 18.7 Å². The molecule has 2 aliphatic rings. The summed E-state index contributed by atoms with van der Waals surface area (Å²) in [6.45, 7) is 7.04. The number of nitrogens with zero attached hydrogens (tertiary/aromatic N) is 3. The molecule has 0 bridgehead atoms. The number of anilines is 1. The third-order valence-electron chi connectivity index (χ3n) is 5.33. The number of amides is 1. The van der Waals surface area contributed by atoms with Gasteiger partial charge in [0.15, 0.2) is 5.75 Å². The van der Waals surface area contributed by atoms with Crippen LogP contribution in [0.3, 0.4) is 0 Å². The van der Waals surface area contributed by atoms with Crippen LogP contribution in [-0.4, -0.2) is 49.0 Å². The molecule has 0 saturated carbocycles. The zero-order valence-electron chi connectivity index (χ0n) is 15.1. The fourth-order valence-electron chi connectivity index (χ4n) is 3.75. The van der Waals surface area contributed by atoms with Gasteiger partial charge in [-0.3, -0.25) is 19.8 Å². The molecule has 25 heavy (non-hydrogen) atoms. The van der Waals surface area contributed by atoms with Gasteiger partial charge < -0.3 is 9.64 Å². The molecule has 2 aliphatic heterocycles. The van der Waals surface area contributed by atoms with E-state index in [9.17, 15) is 14.9 Å². The average molecular weight is 347 g/mol. The van der Waals surface area contributed by atoms with Gasteiger partial charge in [0.1, 0.15) is 0 Å². The zero-order chi connectivity index (χ0) is 18.2. The van der Waals surface area contributed by atoms with Gasteiger partial charge in [-0.25, -0.2) is 0 Å². The molecule has 0 atom stereocenters. The third kappa shape index (κ3) is 3.33. The molecule has 0 unspecified atom stereocenters. The summed E-state index contributed by atoms with van der Waals surface area (Å²) >= 11 is 0. The van der Waals surface area contributed by atoms with E-state index in [0.717, 1.165) is 37.9 Å². The molecule has 1 saturated heterocycles. The summed E-state index contributed by atoms with van der Waals surface area (Å²) in [6.07, 6.45) is 3.06. The Morgan fingerprint density at radius 3 is 2.56 bits per heavy atom. The first-order chi connectivity index (χ1) is 11.8. The van der Waals surface area contributed by atoms with Gasteiger partial charge in [0.2, 0.25) is 5.91 Å². The number of likely N-dealkylation sites (tertiary alicyclic amines) is 1. The molecule has 1 amide bonds. The lowest BCUT2D eigenvalue weighted by atomic mass is 9.77. The fourth-order valence-corrected chi connectivity index (χ4v) is 3.75. The SMILES string of the molecule is COc1cc2c(cc1[N+](=O)[O-])N(C(=O)CN1CCCC1)CCC2(C)C. The van der Waals surface area contributed by atoms with E-state index in [0.29, 0.717) is 18.8 Å². The van der Waals surface area contributed by atoms with Crippen LogP contribution < -0.4 is 9.64 Å². The molecular weight excluding hydrogens is 322 g/mol. The number of methoxy groups -OCH3 is 1. The number of ether oxygens (including phenoxy) is 1. The number of fused-ring (bicyclic) bond motifs is 1. The number of benzene rings is 1. The van der Waals surface area contributed by atoms with Crippen molar-refractivity contribution in [1.82, 2.24) is 4.90 Å². The van der Waals surface area contributed by atoms with E-state index < -0.39 is 4.92 Å². The summed E-state index contributed by atoms with van der Waals surface area (Å²) in [4.78, 5) is 27.7. The second-order valence-corrected chi connectivity index (χ2v) is 7.46. The van der Waals surface area contributed by atoms with Gasteiger partial charge in [0.25, 0.3) is 0 Å². The first-order valence-corrected chi connectivity index (χ1v) is 8.73. The molecule has 1 aromatic carbocycles. The first kappa shape index (κ1) is 17.7. The number of hydrogen-bond donors (Lipinski definition) is 0. The van der Waals surface area contributed by atoms with E-state index in [1.165, 1.54) is 13.2 Å². The van der Waals surface area contributed by atoms with Gasteiger partial charge >= 0.3 is 5.69 Å². The van der Waals surface area contributed by atoms with Crippen LogP contribution in [0.5, 0.6) is 5.75 Å². The molecule has 0 spiro atoms. The smallest absolute Gasteiger partial charge is 0.313 e. The van der Waals surface area contributed by atoms with Crippen molar-refractivity contribution in [2.24, 2.45) is 0 Å². The Labute approximate surface area is 147 Å². The van der Waals surface area contributed by atoms with E-state index in [1.54, 1.807) is 11.0 Å². The van der Waals surface area contributed by atoms with E-state index in [4.69, 9.17) is 4.74 Å². The predicted molar refractivity (Wildman–Crippen MR) is 95.3 cm³/mol. The number of carbonyl (C=O) groups excluding carboxylic acids is 1. The number of nitro groups is 1. The molecule has 3 rings (SSSR count). The van der Waals surface area contributed by atoms with Crippen LogP contribution >= 0.6 is 0 Å². The maximum Gasteiger partial charge on any atom is 0.313 e. The summed E-state index contributed by atoms with van der Waals surface area (Å²) in [5.41, 5.74) is 1.31. The van der Waals surface area contributed by atoms with E-state index in [1.807, 2.05) is 0 Å². The molecule has 2 heterocycles. The largest absolute Gasteiger partial charge is 0.490 e. The van der Waals surface area contributed by atoms with Crippen molar-refractivity contribution >= 4 is 17.3 Å². The normalized spacial score (nSPS) is 19.6. The van der Waals surface area contributed by atoms with Gasteiger partial charge in [-0.15, -0.1) is 0 Å². The highest BCUT2D eigenvalue weighted by Crippen LogP contribution is 2.45. The fraction of sp³-hybridized carbons (Fsp3) is 0.611. The lowest BCUT2D eigenvalue weighted by molar-refractivity contribution is -0.385. The summed E-state index contributed by atoms with van der Waals surface area (Å²) in [7, 11) is 1.43. The standard InChI is InChI=1S/C18H25N3O4/c1-18(2)6-9-20(17(22)12-19-7-4-5-8-19)14-11-15(21(23)24)16(25-3)10-13(14)18/h10-11H,4-9,12H2,1-3H3. The molecule has 7 heteroatoms. The summed E-state index contributed by atoms with van der Waals surface area (Å²) in [5, 5.41) is 11.4. The number of rotatable bonds is 4. The summed E-state index contributed by atoms with van der Waals surface area (Å²) in [6, 6.07) is 3.22. The summed E-state index contributed by atoms with van der Waals surface area (Å²) in [5.74, 6) is 0.254. The Bertz CT molecular complexity index is 696. The Balaban J connectivity index is 1.99. The molecule has 0 N–H and O–H groups in total. The van der Waals surface area contributed by atoms with Crippen molar-refractivity contribution in [3.63, 3.8) is 0 Å². The van der Waals surface area contributed by atoms with Crippen LogP contribution in [-0.2, 0) is 10.2 Å². The lowest BCUT2D eigenvalue weighted by Gasteiger charge is -2.39. The number of carbonyl (C=O) groups is 1. The zero-order valence-corrected chi connectivity index (χ0v) is 15.1. The minimum Gasteiger partial charge on any atom is -0.490 e. The molecular formula is C18H25N3O4. The van der Waals surface area contributed by atoms with Gasteiger partial charge in [0.05, 0.1) is 24.3 Å². The van der Waals surface area contributed by atoms with Crippen LogP contribution in [0.1, 0.15) is 38.7 Å². The van der Waals surface area contributed by atoms with Crippen molar-refractivity contribution < 1.29 is 14.5 Å². The molecule has 0 aromatic heterocycles. The van der Waals surface area contributed by atoms with Crippen molar-refractivity contribution in [2.45, 2.75) is 38.5 Å². The highest BCUT2D eigenvalue weighted by molar-refractivity contribution is 5.97. The lowest BCUT2D eigenvalue weighted by Crippen LogP contribution is -2.45. The number of hydrogen-bond acceptors (Lipinski definition) is 5. The molecule has 1 fully saturated rings. The topological polar surface area (TPSA) is 75.9 Å². The van der Waals surface area contributed by atoms with Crippen LogP contribution in [0.25, 0.3) is 0 Å². The molecule has 1 aromatic rings. The molecule has 0 radical (unpaired) electrons. The Morgan fingerprint density at radius 2 is 1.96 bits per heavy atom. The molecule has 136 valence electrons. The van der Waals surface area contributed by atoms with Crippen molar-refractivity contribution in [3.05, 3.63) is 27.8 Å². The van der Waals surface area contributed by atoms with Gasteiger partial charge in [-0.2, -0.15) is 0 Å². The Morgan fingerprint density at radius 1 is 1.28 bits per heavy atom. The highest BCUT2D eigenvalue weighted by atomic mass is 16.6. The van der Waals surface area contributed by atoms with E-state index in [-0.39, 0.29) is 22.8 Å². The van der Waals surface area contributed by atoms with Crippen molar-refractivity contribution in [3.8, 4) is 5.75 Å². The maximum atomic E-state index is 12.8. The van der Waals surface area contributed by atoms with Crippen molar-refractivity contribution in [1.29, 1.82) is 0 Å². The second kappa shape index (κ2) is 6.63. The third-order valence-corrected chi connectivity index (χ3v) is 5.33. The maximum absolute atomic E-state index is 12.8. The minimum absolute atomic E-state index is 0.0121. The average Bonchev–Trinajstić information content (AvgIpc) is 3.06. The van der Waals surface area contributed by atoms with Crippen molar-refractivity contribution in [2.75, 3.05) is 38.2 Å². The van der Waals surface area contributed by atoms with Crippen LogP contribution in [0.2, 0.25) is 0 Å². The minimum atomic E-state index is -0.455. The summed E-state index contributed by atoms with van der Waals surface area (Å²) < 4.78 is 5.22. The monoisotopic (exact) mass is 347 g/mol. The van der Waals surface area contributed by atoms with Crippen LogP contribution in [0, 0.1) is 10.1 Å².